The van der Waals surface area contributed by atoms with Crippen LogP contribution in [-0.4, -0.2) is 101 Å². The summed E-state index contributed by atoms with van der Waals surface area (Å²) in [6, 6.07) is 2.77. The number of halogens is 3. The molecule has 2 aromatic heterocycles. The minimum Gasteiger partial charge on any atom is -0.461 e. The number of aryl methyl sites for hydroxylation is 1. The lowest BCUT2D eigenvalue weighted by Gasteiger charge is -2.42. The average molecular weight is 677 g/mol. The van der Waals surface area contributed by atoms with Crippen LogP contribution in [0.3, 0.4) is 0 Å². The molecule has 5 fully saturated rings. The van der Waals surface area contributed by atoms with Crippen molar-refractivity contribution in [2.24, 2.45) is 0 Å². The standard InChI is InChI=1S/C32H40BrF2N5O4/c1-18-11-23-24-27(26(35)25(33)28(23)43-18)36-30(41-17-32-8-4-9-39(32)13-19(34)12-32)37-29(24)38-14-20-5-6-21(15-38)40(20)10-7-22-16-42-31(2,3)44-22/h11,19-22H,4-10,12-17H2,1-3H3/t19-,20?,21?,22?,32+/m1/s1. The maximum Gasteiger partial charge on any atom is 0.319 e. The summed E-state index contributed by atoms with van der Waals surface area (Å²) < 4.78 is 54.8. The van der Waals surface area contributed by atoms with Crippen molar-refractivity contribution in [3.8, 4) is 6.01 Å². The largest absolute Gasteiger partial charge is 0.461 e. The van der Waals surface area contributed by atoms with E-state index in [1.165, 1.54) is 0 Å². The molecule has 12 heteroatoms. The van der Waals surface area contributed by atoms with E-state index in [4.69, 9.17) is 23.6 Å². The highest BCUT2D eigenvalue weighted by Gasteiger charge is 2.49. The monoisotopic (exact) mass is 675 g/mol. The first-order chi connectivity index (χ1) is 21.1. The fourth-order valence-electron chi connectivity index (χ4n) is 8.57. The Hall–Kier alpha value is -2.12. The Bertz CT molecular complexity index is 1590. The van der Waals surface area contributed by atoms with Gasteiger partial charge in [-0.15, -0.1) is 0 Å². The van der Waals surface area contributed by atoms with Crippen LogP contribution in [0.2, 0.25) is 0 Å². The fraction of sp³-hybridized carbons (Fsp3) is 0.688. The van der Waals surface area contributed by atoms with Crippen LogP contribution in [0.4, 0.5) is 14.6 Å². The molecule has 0 N–H and O–H groups in total. The fourth-order valence-corrected chi connectivity index (χ4v) is 9.05. The Morgan fingerprint density at radius 2 is 1.95 bits per heavy atom. The number of furan rings is 1. The number of ether oxygens (including phenoxy) is 3. The number of anilines is 1. The summed E-state index contributed by atoms with van der Waals surface area (Å²) in [5.74, 6) is 0.346. The minimum absolute atomic E-state index is 0.106. The topological polar surface area (TPSA) is 76.3 Å². The summed E-state index contributed by atoms with van der Waals surface area (Å²) in [6.07, 6.45) is 4.72. The minimum atomic E-state index is -0.857. The number of hydrogen-bond donors (Lipinski definition) is 0. The van der Waals surface area contributed by atoms with Gasteiger partial charge in [0.15, 0.2) is 17.2 Å². The Morgan fingerprint density at radius 1 is 1.16 bits per heavy atom. The summed E-state index contributed by atoms with van der Waals surface area (Å²) in [7, 11) is 0. The predicted octanol–water partition coefficient (Wildman–Crippen LogP) is 5.74. The van der Waals surface area contributed by atoms with Crippen molar-refractivity contribution in [3.63, 3.8) is 0 Å². The van der Waals surface area contributed by atoms with Gasteiger partial charge in [0.2, 0.25) is 0 Å². The van der Waals surface area contributed by atoms with Gasteiger partial charge in [-0.05, 0) is 81.4 Å². The van der Waals surface area contributed by atoms with E-state index < -0.39 is 17.8 Å². The zero-order chi connectivity index (χ0) is 30.4. The third-order valence-corrected chi connectivity index (χ3v) is 11.2. The molecule has 238 valence electrons. The zero-order valence-corrected chi connectivity index (χ0v) is 27.2. The third kappa shape index (κ3) is 4.90. The van der Waals surface area contributed by atoms with Crippen LogP contribution in [-0.2, 0) is 9.47 Å². The third-order valence-electron chi connectivity index (χ3n) is 10.5. The SMILES string of the molecule is Cc1cc2c(o1)c(Br)c(F)c1nc(OC[C@@]34CCCN3C[C@H](F)C4)nc(N3CC4CCC(C3)N4CCC3COC(C)(C)O3)c12. The van der Waals surface area contributed by atoms with E-state index in [1.54, 1.807) is 0 Å². The first kappa shape index (κ1) is 29.3. The number of hydrogen-bond acceptors (Lipinski definition) is 9. The molecule has 9 nitrogen and oxygen atoms in total. The van der Waals surface area contributed by atoms with Gasteiger partial charge in [-0.25, -0.2) is 8.78 Å². The molecule has 8 rings (SSSR count). The van der Waals surface area contributed by atoms with Gasteiger partial charge in [0.05, 0.1) is 28.1 Å². The van der Waals surface area contributed by atoms with E-state index in [2.05, 4.69) is 35.6 Å². The van der Waals surface area contributed by atoms with Gasteiger partial charge in [0.1, 0.15) is 29.9 Å². The van der Waals surface area contributed by atoms with E-state index in [9.17, 15) is 4.39 Å². The highest BCUT2D eigenvalue weighted by molar-refractivity contribution is 9.10. The average Bonchev–Trinajstić information content (AvgIpc) is 3.77. The first-order valence-electron chi connectivity index (χ1n) is 16.0. The van der Waals surface area contributed by atoms with Crippen LogP contribution in [0, 0.1) is 12.7 Å². The van der Waals surface area contributed by atoms with Crippen LogP contribution in [0.1, 0.15) is 58.1 Å². The maximum atomic E-state index is 16.0. The van der Waals surface area contributed by atoms with E-state index in [0.29, 0.717) is 54.2 Å². The van der Waals surface area contributed by atoms with Crippen LogP contribution in [0.15, 0.2) is 15.0 Å². The summed E-state index contributed by atoms with van der Waals surface area (Å²) in [5.41, 5.74) is 0.308. The Balaban J connectivity index is 1.12. The van der Waals surface area contributed by atoms with E-state index >= 15 is 4.39 Å². The number of fused-ring (bicyclic) bond motifs is 6. The lowest BCUT2D eigenvalue weighted by Crippen LogP contribution is -2.54. The van der Waals surface area contributed by atoms with Crippen molar-refractivity contribution in [1.29, 1.82) is 0 Å². The molecule has 44 heavy (non-hydrogen) atoms. The zero-order valence-electron chi connectivity index (χ0n) is 25.6. The van der Waals surface area contributed by atoms with Crippen LogP contribution in [0.5, 0.6) is 6.01 Å². The van der Waals surface area contributed by atoms with Crippen molar-refractivity contribution >= 4 is 43.6 Å². The van der Waals surface area contributed by atoms with Crippen molar-refractivity contribution in [2.45, 2.75) is 95.0 Å². The predicted molar refractivity (Wildman–Crippen MR) is 166 cm³/mol. The van der Waals surface area contributed by atoms with Crippen molar-refractivity contribution in [2.75, 3.05) is 50.8 Å². The molecule has 0 radical (unpaired) electrons. The van der Waals surface area contributed by atoms with Crippen molar-refractivity contribution in [1.82, 2.24) is 19.8 Å². The summed E-state index contributed by atoms with van der Waals surface area (Å²) in [6.45, 7) is 10.5. The van der Waals surface area contributed by atoms with Crippen molar-refractivity contribution in [3.05, 3.63) is 22.1 Å². The van der Waals surface area contributed by atoms with Gasteiger partial charge >= 0.3 is 6.01 Å². The molecule has 5 saturated heterocycles. The second-order valence-corrected chi connectivity index (χ2v) is 14.7. The lowest BCUT2D eigenvalue weighted by atomic mass is 9.95. The molecular formula is C32H40BrF2N5O4. The maximum absolute atomic E-state index is 16.0. The molecule has 3 aromatic rings. The summed E-state index contributed by atoms with van der Waals surface area (Å²) in [4.78, 5) is 16.7. The molecule has 0 saturated carbocycles. The van der Waals surface area contributed by atoms with Crippen LogP contribution in [0.25, 0.3) is 21.9 Å². The van der Waals surface area contributed by atoms with E-state index in [1.807, 2.05) is 26.8 Å². The summed E-state index contributed by atoms with van der Waals surface area (Å²) >= 11 is 3.43. The van der Waals surface area contributed by atoms with Gasteiger partial charge in [0, 0.05) is 50.1 Å². The summed E-state index contributed by atoms with van der Waals surface area (Å²) in [5, 5.41) is 1.42. The van der Waals surface area contributed by atoms with Gasteiger partial charge in [0.25, 0.3) is 0 Å². The number of benzene rings is 1. The second kappa shape index (κ2) is 10.7. The number of aromatic nitrogens is 2. The highest BCUT2D eigenvalue weighted by Crippen LogP contribution is 2.44. The molecule has 7 heterocycles. The smallest absolute Gasteiger partial charge is 0.319 e. The molecule has 5 aliphatic rings. The van der Waals surface area contributed by atoms with Gasteiger partial charge < -0.3 is 23.5 Å². The second-order valence-electron chi connectivity index (χ2n) is 13.9. The van der Waals surface area contributed by atoms with Gasteiger partial charge in [-0.2, -0.15) is 9.97 Å². The van der Waals surface area contributed by atoms with Gasteiger partial charge in [-0.3, -0.25) is 9.80 Å². The van der Waals surface area contributed by atoms with Crippen LogP contribution >= 0.6 is 15.9 Å². The number of piperazine rings is 1. The Morgan fingerprint density at radius 3 is 2.70 bits per heavy atom. The quantitative estimate of drug-likeness (QED) is 0.312. The normalized spacial score (nSPS) is 32.0. The van der Waals surface area contributed by atoms with E-state index in [0.717, 1.165) is 63.7 Å². The van der Waals surface area contributed by atoms with Crippen molar-refractivity contribution < 1.29 is 27.4 Å². The van der Waals surface area contributed by atoms with Gasteiger partial charge in [-0.1, -0.05) is 0 Å². The molecule has 3 unspecified atom stereocenters. The molecule has 2 bridgehead atoms. The Labute approximate surface area is 264 Å². The molecular weight excluding hydrogens is 636 g/mol. The molecule has 0 aliphatic carbocycles. The van der Waals surface area contributed by atoms with Crippen LogP contribution < -0.4 is 9.64 Å². The number of nitrogens with zero attached hydrogens (tertiary/aromatic N) is 5. The molecule has 5 aliphatic heterocycles. The molecule has 0 amide bonds. The number of rotatable bonds is 7. The molecule has 5 atom stereocenters. The van der Waals surface area contributed by atoms with E-state index in [-0.39, 0.29) is 34.2 Å². The Kier molecular flexibility index (Phi) is 7.14. The first-order valence-corrected chi connectivity index (χ1v) is 16.8. The lowest BCUT2D eigenvalue weighted by molar-refractivity contribution is -0.139. The highest BCUT2D eigenvalue weighted by atomic mass is 79.9. The number of alkyl halides is 1. The molecule has 0 spiro atoms. The molecule has 1 aromatic carbocycles.